The van der Waals surface area contributed by atoms with E-state index in [4.69, 9.17) is 16.3 Å². The van der Waals surface area contributed by atoms with Gasteiger partial charge in [0.1, 0.15) is 6.33 Å². The van der Waals surface area contributed by atoms with Crippen LogP contribution >= 0.6 is 24.0 Å². The molecule has 1 N–H and O–H groups in total. The van der Waals surface area contributed by atoms with E-state index in [0.29, 0.717) is 11.6 Å². The molecule has 0 saturated carbocycles. The third-order valence-electron chi connectivity index (χ3n) is 6.17. The van der Waals surface area contributed by atoms with Crippen LogP contribution in [-0.4, -0.2) is 49.5 Å². The van der Waals surface area contributed by atoms with Crippen LogP contribution in [0.4, 0.5) is 0 Å². The van der Waals surface area contributed by atoms with Crippen molar-refractivity contribution in [3.63, 3.8) is 0 Å². The molecule has 0 spiro atoms. The van der Waals surface area contributed by atoms with Crippen LogP contribution in [-0.2, 0) is 24.8 Å². The second kappa shape index (κ2) is 10.3. The van der Waals surface area contributed by atoms with E-state index in [-0.39, 0.29) is 36.3 Å². The molecule has 3 aromatic heterocycles. The monoisotopic (exact) mass is 516 g/mol. The van der Waals surface area contributed by atoms with Gasteiger partial charge in [-0.3, -0.25) is 9.36 Å². The summed E-state index contributed by atoms with van der Waals surface area (Å²) in [5.74, 6) is 0. The predicted molar refractivity (Wildman–Crippen MR) is 137 cm³/mol. The average molecular weight is 517 g/mol. The van der Waals surface area contributed by atoms with E-state index in [9.17, 15) is 9.59 Å². The minimum absolute atomic E-state index is 0. The van der Waals surface area contributed by atoms with Crippen molar-refractivity contribution in [3.8, 4) is 11.3 Å². The fourth-order valence-corrected chi connectivity index (χ4v) is 4.73. The first-order valence-corrected chi connectivity index (χ1v) is 11.5. The van der Waals surface area contributed by atoms with Gasteiger partial charge < -0.3 is 14.6 Å². The summed E-state index contributed by atoms with van der Waals surface area (Å²) in [6.07, 6.45) is 5.57. The highest BCUT2D eigenvalue weighted by Gasteiger charge is 2.21. The summed E-state index contributed by atoms with van der Waals surface area (Å²) in [6, 6.07) is 7.17. The third kappa shape index (κ3) is 5.04. The molecule has 35 heavy (non-hydrogen) atoms. The van der Waals surface area contributed by atoms with Crippen LogP contribution in [0.25, 0.3) is 16.8 Å². The van der Waals surface area contributed by atoms with Crippen LogP contribution in [0.3, 0.4) is 0 Å². The maximum Gasteiger partial charge on any atom is 0.331 e. The maximum absolute atomic E-state index is 12.5. The lowest BCUT2D eigenvalue weighted by Gasteiger charge is -2.25. The number of aromatic nitrogens is 5. The van der Waals surface area contributed by atoms with Crippen molar-refractivity contribution in [2.45, 2.75) is 26.0 Å². The quantitative estimate of drug-likeness (QED) is 0.437. The van der Waals surface area contributed by atoms with Gasteiger partial charge in [0.05, 0.1) is 30.5 Å². The van der Waals surface area contributed by atoms with Gasteiger partial charge in [-0.1, -0.05) is 11.6 Å². The summed E-state index contributed by atoms with van der Waals surface area (Å²) in [5, 5.41) is 8.35. The predicted octanol–water partition coefficient (Wildman–Crippen LogP) is 2.22. The summed E-state index contributed by atoms with van der Waals surface area (Å²) < 4.78 is 10.2. The molecule has 1 aliphatic heterocycles. The molecule has 1 aliphatic rings. The number of nitrogens with zero attached hydrogens (tertiary/aromatic N) is 5. The number of hydrogen-bond acceptors (Lipinski definition) is 6. The highest BCUT2D eigenvalue weighted by molar-refractivity contribution is 6.31. The van der Waals surface area contributed by atoms with Gasteiger partial charge in [0.15, 0.2) is 0 Å². The standard InChI is InChI=1S/C24H25ClN6O3.ClH/c1-15-7-17(25)9-20(19(15)10-18-11-26-4-6-34-18)23-21-8-16(13-31(21)28-14-27-23)12-30-22(32)3-5-29(2)24(30)33;/h3,5,7-9,13-14,18,26H,4,6,10-12H2,1-2H3;1H/t18-;/m0./s1. The maximum atomic E-state index is 12.5. The molecular weight excluding hydrogens is 491 g/mol. The molecule has 4 aromatic rings. The van der Waals surface area contributed by atoms with Crippen molar-refractivity contribution in [1.82, 2.24) is 29.0 Å². The Labute approximate surface area is 212 Å². The molecule has 0 radical (unpaired) electrons. The zero-order valence-electron chi connectivity index (χ0n) is 19.4. The molecule has 1 atom stereocenters. The zero-order valence-corrected chi connectivity index (χ0v) is 21.0. The van der Waals surface area contributed by atoms with Gasteiger partial charge in [-0.25, -0.2) is 14.3 Å². The number of hydrogen-bond donors (Lipinski definition) is 1. The Bertz CT molecular complexity index is 1490. The summed E-state index contributed by atoms with van der Waals surface area (Å²) in [5.41, 5.74) is 4.66. The smallest absolute Gasteiger partial charge is 0.331 e. The largest absolute Gasteiger partial charge is 0.375 e. The second-order valence-corrected chi connectivity index (χ2v) is 9.01. The molecule has 0 amide bonds. The van der Waals surface area contributed by atoms with Crippen LogP contribution in [0.15, 0.2) is 52.6 Å². The van der Waals surface area contributed by atoms with Gasteiger partial charge in [0.25, 0.3) is 5.56 Å². The number of aryl methyl sites for hydroxylation is 2. The molecule has 9 nitrogen and oxygen atoms in total. The Morgan fingerprint density at radius 2 is 2.09 bits per heavy atom. The molecule has 1 aromatic carbocycles. The topological polar surface area (TPSA) is 95.5 Å². The molecule has 1 saturated heterocycles. The number of fused-ring (bicyclic) bond motifs is 1. The van der Waals surface area contributed by atoms with Crippen molar-refractivity contribution >= 4 is 29.5 Å². The lowest BCUT2D eigenvalue weighted by Crippen LogP contribution is -2.39. The van der Waals surface area contributed by atoms with E-state index in [1.54, 1.807) is 11.6 Å². The van der Waals surface area contributed by atoms with Crippen molar-refractivity contribution in [1.29, 1.82) is 0 Å². The molecule has 0 bridgehead atoms. The summed E-state index contributed by atoms with van der Waals surface area (Å²) in [4.78, 5) is 29.4. The molecule has 0 aliphatic carbocycles. The highest BCUT2D eigenvalue weighted by Crippen LogP contribution is 2.33. The lowest BCUT2D eigenvalue weighted by molar-refractivity contribution is 0.0292. The first-order valence-electron chi connectivity index (χ1n) is 11.1. The van der Waals surface area contributed by atoms with Crippen LogP contribution in [0.2, 0.25) is 5.02 Å². The van der Waals surface area contributed by atoms with Crippen molar-refractivity contribution < 1.29 is 4.74 Å². The zero-order chi connectivity index (χ0) is 23.8. The number of ether oxygens (including phenoxy) is 1. The molecule has 5 rings (SSSR count). The molecule has 0 unspecified atom stereocenters. The lowest BCUT2D eigenvalue weighted by atomic mass is 9.94. The second-order valence-electron chi connectivity index (χ2n) is 8.57. The summed E-state index contributed by atoms with van der Waals surface area (Å²) in [7, 11) is 1.62. The van der Waals surface area contributed by atoms with Crippen molar-refractivity contribution in [2.24, 2.45) is 7.05 Å². The van der Waals surface area contributed by atoms with E-state index in [2.05, 4.69) is 15.4 Å². The Morgan fingerprint density at radius 3 is 2.86 bits per heavy atom. The van der Waals surface area contributed by atoms with Gasteiger partial charge >= 0.3 is 5.69 Å². The fourth-order valence-electron chi connectivity index (χ4n) is 4.45. The van der Waals surface area contributed by atoms with E-state index in [0.717, 1.165) is 53.0 Å². The van der Waals surface area contributed by atoms with Crippen LogP contribution in [0, 0.1) is 6.92 Å². The average Bonchev–Trinajstić information content (AvgIpc) is 3.24. The van der Waals surface area contributed by atoms with E-state index in [1.807, 2.05) is 31.3 Å². The first kappa shape index (κ1) is 25.1. The normalized spacial score (nSPS) is 15.8. The SMILES string of the molecule is Cc1cc(Cl)cc(-c2ncnn3cc(Cn4c(=O)ccn(C)c4=O)cc23)c1C[C@H]1CNCCO1.Cl. The Hall–Kier alpha value is -2.98. The molecule has 11 heteroatoms. The van der Waals surface area contributed by atoms with Crippen LogP contribution < -0.4 is 16.6 Å². The molecule has 4 heterocycles. The molecule has 1 fully saturated rings. The minimum Gasteiger partial charge on any atom is -0.375 e. The highest BCUT2D eigenvalue weighted by atomic mass is 35.5. The Kier molecular flexibility index (Phi) is 7.42. The van der Waals surface area contributed by atoms with Gasteiger partial charge in [0.2, 0.25) is 0 Å². The van der Waals surface area contributed by atoms with Gasteiger partial charge in [-0.2, -0.15) is 5.10 Å². The minimum atomic E-state index is -0.372. The van der Waals surface area contributed by atoms with Gasteiger partial charge in [-0.15, -0.1) is 12.4 Å². The Morgan fingerprint density at radius 1 is 1.26 bits per heavy atom. The van der Waals surface area contributed by atoms with Crippen molar-refractivity contribution in [3.05, 3.63) is 85.5 Å². The summed E-state index contributed by atoms with van der Waals surface area (Å²) in [6.45, 7) is 4.51. The molecular formula is C24H26Cl2N6O3. The number of nitrogens with one attached hydrogen (secondary N) is 1. The van der Waals surface area contributed by atoms with E-state index >= 15 is 0 Å². The molecule has 184 valence electrons. The Balaban J connectivity index is 0.00000289. The third-order valence-corrected chi connectivity index (χ3v) is 6.39. The number of rotatable bonds is 5. The van der Waals surface area contributed by atoms with Crippen LogP contribution in [0.5, 0.6) is 0 Å². The van der Waals surface area contributed by atoms with Gasteiger partial charge in [-0.05, 0) is 41.8 Å². The van der Waals surface area contributed by atoms with Crippen LogP contribution in [0.1, 0.15) is 16.7 Å². The number of morpholine rings is 1. The van der Waals surface area contributed by atoms with Gasteiger partial charge in [0, 0.05) is 55.6 Å². The number of benzene rings is 1. The first-order chi connectivity index (χ1) is 16.4. The van der Waals surface area contributed by atoms with E-state index < -0.39 is 0 Å². The fraction of sp³-hybridized carbons (Fsp3) is 0.333. The van der Waals surface area contributed by atoms with Crippen molar-refractivity contribution in [2.75, 3.05) is 19.7 Å². The number of halogens is 2. The van der Waals surface area contributed by atoms with E-state index in [1.165, 1.54) is 27.7 Å². The summed E-state index contributed by atoms with van der Waals surface area (Å²) >= 11 is 6.46.